The maximum atomic E-state index is 13.3. The van der Waals surface area contributed by atoms with E-state index in [-0.39, 0.29) is 17.6 Å². The summed E-state index contributed by atoms with van der Waals surface area (Å²) < 4.78 is 13.3. The van der Waals surface area contributed by atoms with Crippen LogP contribution in [-0.2, 0) is 4.79 Å². The van der Waals surface area contributed by atoms with Gasteiger partial charge in [0.05, 0.1) is 11.6 Å². The third-order valence-electron chi connectivity index (χ3n) is 4.71. The van der Waals surface area contributed by atoms with Crippen LogP contribution in [0.2, 0.25) is 5.02 Å². The molecule has 1 N–H and O–H groups in total. The Balaban J connectivity index is 1.99. The summed E-state index contributed by atoms with van der Waals surface area (Å²) in [4.78, 5) is 15.1. The lowest BCUT2D eigenvalue weighted by molar-refractivity contribution is -0.138. The molecule has 1 heterocycles. The number of likely N-dealkylation sites (tertiary alicyclic amines) is 1. The Morgan fingerprint density at radius 2 is 2.22 bits per heavy atom. The lowest BCUT2D eigenvalue weighted by atomic mass is 10.1. The van der Waals surface area contributed by atoms with Crippen molar-refractivity contribution in [1.82, 2.24) is 9.80 Å². The number of benzene rings is 1. The molecule has 1 saturated heterocycles. The van der Waals surface area contributed by atoms with Gasteiger partial charge in [-0.3, -0.25) is 14.6 Å². The Bertz CT molecular complexity index is 555. The molecule has 23 heavy (non-hydrogen) atoms. The quantitative estimate of drug-likeness (QED) is 0.890. The smallest absolute Gasteiger partial charge is 0.317 e. The van der Waals surface area contributed by atoms with E-state index in [1.165, 1.54) is 6.07 Å². The van der Waals surface area contributed by atoms with Gasteiger partial charge in [-0.25, -0.2) is 4.39 Å². The van der Waals surface area contributed by atoms with Crippen molar-refractivity contribution in [3.8, 4) is 0 Å². The van der Waals surface area contributed by atoms with Gasteiger partial charge in [-0.15, -0.1) is 0 Å². The normalized spacial score (nSPS) is 21.2. The second kappa shape index (κ2) is 8.08. The van der Waals surface area contributed by atoms with Crippen LogP contribution in [0.4, 0.5) is 4.39 Å². The summed E-state index contributed by atoms with van der Waals surface area (Å²) in [6.45, 7) is 4.02. The number of carbonyl (C=O) groups is 1. The summed E-state index contributed by atoms with van der Waals surface area (Å²) >= 11 is 5.89. The number of hydrogen-bond acceptors (Lipinski definition) is 3. The highest BCUT2D eigenvalue weighted by molar-refractivity contribution is 6.30. The van der Waals surface area contributed by atoms with Gasteiger partial charge in [-0.05, 0) is 57.5 Å². The summed E-state index contributed by atoms with van der Waals surface area (Å²) in [6.07, 6.45) is 2.95. The zero-order valence-electron chi connectivity index (χ0n) is 13.6. The van der Waals surface area contributed by atoms with Crippen molar-refractivity contribution in [2.24, 2.45) is 0 Å². The zero-order valence-corrected chi connectivity index (χ0v) is 14.4. The summed E-state index contributed by atoms with van der Waals surface area (Å²) in [5, 5.41) is 9.08. The molecule has 0 amide bonds. The van der Waals surface area contributed by atoms with Gasteiger partial charge < -0.3 is 5.11 Å². The van der Waals surface area contributed by atoms with E-state index in [1.54, 1.807) is 12.1 Å². The molecule has 128 valence electrons. The van der Waals surface area contributed by atoms with Crippen LogP contribution in [0.5, 0.6) is 0 Å². The van der Waals surface area contributed by atoms with E-state index in [0.29, 0.717) is 6.04 Å². The highest BCUT2D eigenvalue weighted by atomic mass is 35.5. The van der Waals surface area contributed by atoms with Crippen LogP contribution in [-0.4, -0.2) is 53.6 Å². The van der Waals surface area contributed by atoms with Gasteiger partial charge in [-0.2, -0.15) is 0 Å². The molecule has 0 saturated carbocycles. The van der Waals surface area contributed by atoms with Gasteiger partial charge in [0, 0.05) is 18.6 Å². The van der Waals surface area contributed by atoms with Crippen LogP contribution in [0.3, 0.4) is 0 Å². The van der Waals surface area contributed by atoms with E-state index < -0.39 is 11.8 Å². The highest BCUT2D eigenvalue weighted by Crippen LogP contribution is 2.27. The van der Waals surface area contributed by atoms with Crippen LogP contribution >= 0.6 is 11.6 Å². The van der Waals surface area contributed by atoms with Crippen molar-refractivity contribution in [2.45, 2.75) is 38.3 Å². The summed E-state index contributed by atoms with van der Waals surface area (Å²) in [5.41, 5.74) is 1.01. The number of carboxylic acid groups (broad SMARTS) is 1. The number of nitrogens with zero attached hydrogens (tertiary/aromatic N) is 2. The van der Waals surface area contributed by atoms with Crippen LogP contribution in [0, 0.1) is 5.82 Å². The molecule has 2 unspecified atom stereocenters. The predicted molar refractivity (Wildman–Crippen MR) is 89.3 cm³/mol. The molecule has 4 nitrogen and oxygen atoms in total. The fraction of sp³-hybridized carbons (Fsp3) is 0.588. The SMILES string of the molecule is CC(c1ccc(F)c(Cl)c1)N1CCCC(N(C)CC(=O)O)CC1. The summed E-state index contributed by atoms with van der Waals surface area (Å²) in [5.74, 6) is -1.18. The molecule has 2 atom stereocenters. The van der Waals surface area contributed by atoms with Crippen molar-refractivity contribution in [2.75, 3.05) is 26.7 Å². The topological polar surface area (TPSA) is 43.8 Å². The van der Waals surface area contributed by atoms with Gasteiger partial charge in [0.25, 0.3) is 0 Å². The van der Waals surface area contributed by atoms with Crippen molar-refractivity contribution in [3.63, 3.8) is 0 Å². The summed E-state index contributed by atoms with van der Waals surface area (Å²) in [6, 6.07) is 5.34. The Kier molecular flexibility index (Phi) is 6.39. The Morgan fingerprint density at radius 3 is 2.87 bits per heavy atom. The average molecular weight is 343 g/mol. The standard InChI is InChI=1S/C17H24ClFN2O2/c1-12(13-5-6-16(19)15(18)10-13)21-8-3-4-14(7-9-21)20(2)11-17(22)23/h5-6,10,12,14H,3-4,7-9,11H2,1-2H3,(H,22,23). The lowest BCUT2D eigenvalue weighted by Gasteiger charge is -2.29. The molecule has 2 rings (SSSR count). The first-order chi connectivity index (χ1) is 10.9. The molecule has 0 aliphatic carbocycles. The second-order valence-corrected chi connectivity index (χ2v) is 6.69. The van der Waals surface area contributed by atoms with E-state index in [2.05, 4.69) is 11.8 Å². The van der Waals surface area contributed by atoms with Gasteiger partial charge >= 0.3 is 5.97 Å². The number of aliphatic carboxylic acids is 1. The third kappa shape index (κ3) is 4.90. The van der Waals surface area contributed by atoms with E-state index in [9.17, 15) is 9.18 Å². The van der Waals surface area contributed by atoms with E-state index in [4.69, 9.17) is 16.7 Å². The molecule has 0 aromatic heterocycles. The van der Waals surface area contributed by atoms with Crippen LogP contribution < -0.4 is 0 Å². The Labute approximate surface area is 141 Å². The largest absolute Gasteiger partial charge is 0.480 e. The fourth-order valence-corrected chi connectivity index (χ4v) is 3.44. The number of carboxylic acids is 1. The fourth-order valence-electron chi connectivity index (χ4n) is 3.25. The lowest BCUT2D eigenvalue weighted by Crippen LogP contribution is -2.36. The molecule has 1 aromatic rings. The van der Waals surface area contributed by atoms with Crippen LogP contribution in [0.15, 0.2) is 18.2 Å². The van der Waals surface area contributed by atoms with Crippen LogP contribution in [0.1, 0.15) is 37.8 Å². The minimum absolute atomic E-state index is 0.0772. The van der Waals surface area contributed by atoms with Gasteiger partial charge in [0.2, 0.25) is 0 Å². The van der Waals surface area contributed by atoms with E-state index in [0.717, 1.165) is 37.9 Å². The summed E-state index contributed by atoms with van der Waals surface area (Å²) in [7, 11) is 1.87. The van der Waals surface area contributed by atoms with Crippen molar-refractivity contribution in [3.05, 3.63) is 34.6 Å². The number of rotatable bonds is 5. The molecule has 0 bridgehead atoms. The van der Waals surface area contributed by atoms with Gasteiger partial charge in [0.1, 0.15) is 5.82 Å². The first-order valence-corrected chi connectivity index (χ1v) is 8.37. The number of halogens is 2. The van der Waals surface area contributed by atoms with Crippen LogP contribution in [0.25, 0.3) is 0 Å². The Hall–Kier alpha value is -1.17. The highest BCUT2D eigenvalue weighted by Gasteiger charge is 2.24. The minimum atomic E-state index is -0.789. The first-order valence-electron chi connectivity index (χ1n) is 7.99. The molecular formula is C17H24ClFN2O2. The molecule has 1 aliphatic heterocycles. The molecule has 1 fully saturated rings. The molecule has 0 spiro atoms. The predicted octanol–water partition coefficient (Wildman–Crippen LogP) is 3.41. The molecule has 1 aliphatic rings. The second-order valence-electron chi connectivity index (χ2n) is 6.28. The maximum Gasteiger partial charge on any atom is 0.317 e. The Morgan fingerprint density at radius 1 is 1.48 bits per heavy atom. The zero-order chi connectivity index (χ0) is 17.0. The molecule has 6 heteroatoms. The van der Waals surface area contributed by atoms with E-state index in [1.807, 2.05) is 11.9 Å². The van der Waals surface area contributed by atoms with Gasteiger partial charge in [-0.1, -0.05) is 17.7 Å². The van der Waals surface area contributed by atoms with E-state index >= 15 is 0 Å². The molecular weight excluding hydrogens is 319 g/mol. The maximum absolute atomic E-state index is 13.3. The van der Waals surface area contributed by atoms with Crippen molar-refractivity contribution >= 4 is 17.6 Å². The third-order valence-corrected chi connectivity index (χ3v) is 5.00. The minimum Gasteiger partial charge on any atom is -0.480 e. The number of likely N-dealkylation sites (N-methyl/N-ethyl adjacent to an activating group) is 1. The first kappa shape index (κ1) is 18.2. The van der Waals surface area contributed by atoms with Crippen molar-refractivity contribution < 1.29 is 14.3 Å². The molecule has 1 aromatic carbocycles. The van der Waals surface area contributed by atoms with Crippen molar-refractivity contribution in [1.29, 1.82) is 0 Å². The molecule has 0 radical (unpaired) electrons. The average Bonchev–Trinajstić information content (AvgIpc) is 2.74. The van der Waals surface area contributed by atoms with Gasteiger partial charge in [0.15, 0.2) is 0 Å². The number of hydrogen-bond donors (Lipinski definition) is 1. The monoisotopic (exact) mass is 342 g/mol.